The van der Waals surface area contributed by atoms with Gasteiger partial charge in [0.2, 0.25) is 11.8 Å². The summed E-state index contributed by atoms with van der Waals surface area (Å²) in [6.07, 6.45) is 3.11. The number of aryl methyl sites for hydroxylation is 1. The van der Waals surface area contributed by atoms with Crippen LogP contribution in [0.3, 0.4) is 0 Å². The lowest BCUT2D eigenvalue weighted by atomic mass is 9.96. The zero-order valence-electron chi connectivity index (χ0n) is 22.8. The van der Waals surface area contributed by atoms with Gasteiger partial charge in [0.1, 0.15) is 17.7 Å². The van der Waals surface area contributed by atoms with E-state index in [0.717, 1.165) is 24.0 Å². The van der Waals surface area contributed by atoms with Crippen LogP contribution in [0.1, 0.15) is 84.9 Å². The molecule has 0 bridgehead atoms. The quantitative estimate of drug-likeness (QED) is 0.392. The fourth-order valence-corrected chi connectivity index (χ4v) is 3.98. The molecule has 0 spiro atoms. The molecule has 1 rings (SSSR count). The first-order valence-corrected chi connectivity index (χ1v) is 12.6. The smallest absolute Gasteiger partial charge is 0.408 e. The Morgan fingerprint density at radius 1 is 1.11 bits per heavy atom. The monoisotopic (exact) mass is 487 g/mol. The maximum Gasteiger partial charge on any atom is 0.408 e. The lowest BCUT2D eigenvalue weighted by Crippen LogP contribution is -2.54. The van der Waals surface area contributed by atoms with Crippen molar-refractivity contribution in [3.05, 3.63) is 48.0 Å². The minimum absolute atomic E-state index is 0.0361. The highest BCUT2D eigenvalue weighted by atomic mass is 16.6. The summed E-state index contributed by atoms with van der Waals surface area (Å²) in [5.74, 6) is -0.480. The van der Waals surface area contributed by atoms with Gasteiger partial charge in [-0.15, -0.1) is 6.58 Å². The van der Waals surface area contributed by atoms with Crippen molar-refractivity contribution in [2.45, 2.75) is 98.4 Å². The fraction of sp³-hybridized carbons (Fsp3) is 0.607. The number of benzene rings is 1. The molecule has 0 aliphatic rings. The highest BCUT2D eigenvalue weighted by molar-refractivity contribution is 5.92. The van der Waals surface area contributed by atoms with E-state index in [-0.39, 0.29) is 30.3 Å². The third kappa shape index (κ3) is 10.1. The van der Waals surface area contributed by atoms with Crippen LogP contribution in [0.4, 0.5) is 4.79 Å². The number of ether oxygens (including phenoxy) is 1. The lowest BCUT2D eigenvalue weighted by molar-refractivity contribution is -0.142. The Kier molecular flexibility index (Phi) is 12.0. The van der Waals surface area contributed by atoms with Crippen LogP contribution < -0.4 is 10.6 Å². The molecule has 0 radical (unpaired) electrons. The van der Waals surface area contributed by atoms with Crippen molar-refractivity contribution < 1.29 is 19.1 Å². The van der Waals surface area contributed by atoms with Gasteiger partial charge < -0.3 is 20.3 Å². The second kappa shape index (κ2) is 13.9. The van der Waals surface area contributed by atoms with E-state index in [1.807, 2.05) is 52.0 Å². The topological polar surface area (TPSA) is 87.7 Å². The van der Waals surface area contributed by atoms with Crippen LogP contribution >= 0.6 is 0 Å². The second-order valence-corrected chi connectivity index (χ2v) is 10.6. The van der Waals surface area contributed by atoms with Crippen LogP contribution in [0.15, 0.2) is 36.9 Å². The van der Waals surface area contributed by atoms with Crippen molar-refractivity contribution in [2.75, 3.05) is 6.54 Å². The Balaban J connectivity index is 3.45. The summed E-state index contributed by atoms with van der Waals surface area (Å²) in [4.78, 5) is 41.6. The number of carbonyl (C=O) groups is 3. The molecule has 1 aromatic rings. The van der Waals surface area contributed by atoms with Gasteiger partial charge in [-0.2, -0.15) is 0 Å². The molecule has 3 amide bonds. The van der Waals surface area contributed by atoms with Crippen LogP contribution in [0.25, 0.3) is 0 Å². The van der Waals surface area contributed by atoms with Crippen molar-refractivity contribution in [2.24, 2.45) is 5.92 Å². The van der Waals surface area contributed by atoms with Crippen molar-refractivity contribution >= 4 is 17.9 Å². The number of rotatable bonds is 12. The molecule has 7 heteroatoms. The maximum absolute atomic E-state index is 13.9. The van der Waals surface area contributed by atoms with Gasteiger partial charge in [0.25, 0.3) is 0 Å². The molecule has 3 atom stereocenters. The lowest BCUT2D eigenvalue weighted by Gasteiger charge is -2.35. The SMILES string of the molecule is C=CCN(C(=O)C(CC(C)C)NC(=O)OC(C)(C)C)C(C(=O)NC(C)CCC)c1ccccc1C. The number of hydrogen-bond donors (Lipinski definition) is 2. The molecular formula is C28H45N3O4. The Labute approximate surface area is 211 Å². The van der Waals surface area contributed by atoms with Gasteiger partial charge in [0.05, 0.1) is 0 Å². The van der Waals surface area contributed by atoms with E-state index >= 15 is 0 Å². The number of hydrogen-bond acceptors (Lipinski definition) is 4. The minimum Gasteiger partial charge on any atom is -0.444 e. The zero-order chi connectivity index (χ0) is 26.8. The van der Waals surface area contributed by atoms with Gasteiger partial charge in [0, 0.05) is 12.6 Å². The number of amides is 3. The third-order valence-corrected chi connectivity index (χ3v) is 5.46. The van der Waals surface area contributed by atoms with E-state index in [0.29, 0.717) is 6.42 Å². The van der Waals surface area contributed by atoms with E-state index in [1.165, 1.54) is 4.90 Å². The summed E-state index contributed by atoms with van der Waals surface area (Å²) >= 11 is 0. The first kappa shape index (κ1) is 30.2. The van der Waals surface area contributed by atoms with E-state index in [2.05, 4.69) is 24.1 Å². The van der Waals surface area contributed by atoms with Crippen LogP contribution in [0, 0.1) is 12.8 Å². The summed E-state index contributed by atoms with van der Waals surface area (Å²) in [6, 6.07) is 5.80. The van der Waals surface area contributed by atoms with Crippen LogP contribution in [-0.4, -0.2) is 47.0 Å². The molecule has 0 heterocycles. The average molecular weight is 488 g/mol. The molecule has 0 aliphatic carbocycles. The van der Waals surface area contributed by atoms with Crippen molar-refractivity contribution in [3.63, 3.8) is 0 Å². The Bertz CT molecular complexity index is 860. The first-order valence-electron chi connectivity index (χ1n) is 12.6. The van der Waals surface area contributed by atoms with Crippen LogP contribution in [-0.2, 0) is 14.3 Å². The van der Waals surface area contributed by atoms with E-state index in [4.69, 9.17) is 4.74 Å². The Morgan fingerprint density at radius 2 is 1.74 bits per heavy atom. The standard InChI is InChI=1S/C28H45N3O4/c1-10-14-21(6)29-25(32)24(22-16-13-12-15-20(22)5)31(17-11-2)26(33)23(18-19(3)4)30-27(34)35-28(7,8)9/h11-13,15-16,19,21,23-24H,2,10,14,17-18H2,1,3-9H3,(H,29,32)(H,30,34). The largest absolute Gasteiger partial charge is 0.444 e. The summed E-state index contributed by atoms with van der Waals surface area (Å²) in [7, 11) is 0. The molecule has 0 saturated heterocycles. The third-order valence-electron chi connectivity index (χ3n) is 5.46. The molecule has 7 nitrogen and oxygen atoms in total. The maximum atomic E-state index is 13.9. The van der Waals surface area contributed by atoms with Gasteiger partial charge in [-0.1, -0.05) is 57.5 Å². The number of alkyl carbamates (subject to hydrolysis) is 1. The molecule has 2 N–H and O–H groups in total. The molecule has 0 aromatic heterocycles. The molecule has 1 aromatic carbocycles. The molecule has 0 aliphatic heterocycles. The van der Waals surface area contributed by atoms with Crippen molar-refractivity contribution in [1.82, 2.24) is 15.5 Å². The minimum atomic E-state index is -0.865. The number of nitrogens with one attached hydrogen (secondary N) is 2. The van der Waals surface area contributed by atoms with Gasteiger partial charge >= 0.3 is 6.09 Å². The molecule has 196 valence electrons. The molecule has 3 unspecified atom stereocenters. The zero-order valence-corrected chi connectivity index (χ0v) is 22.8. The van der Waals surface area contributed by atoms with Gasteiger partial charge in [0.15, 0.2) is 0 Å². The van der Waals surface area contributed by atoms with Gasteiger partial charge in [-0.05, 0) is 64.5 Å². The molecule has 0 fully saturated rings. The molecular weight excluding hydrogens is 442 g/mol. The normalized spacial score (nSPS) is 14.0. The highest BCUT2D eigenvalue weighted by Gasteiger charge is 2.36. The van der Waals surface area contributed by atoms with E-state index < -0.39 is 23.8 Å². The number of nitrogens with zero attached hydrogens (tertiary/aromatic N) is 1. The van der Waals surface area contributed by atoms with E-state index in [1.54, 1.807) is 26.8 Å². The second-order valence-electron chi connectivity index (χ2n) is 10.6. The summed E-state index contributed by atoms with van der Waals surface area (Å²) in [5, 5.41) is 5.82. The summed E-state index contributed by atoms with van der Waals surface area (Å²) < 4.78 is 5.41. The van der Waals surface area contributed by atoms with E-state index in [9.17, 15) is 14.4 Å². The summed E-state index contributed by atoms with van der Waals surface area (Å²) in [5.41, 5.74) is 0.942. The Morgan fingerprint density at radius 3 is 2.26 bits per heavy atom. The summed E-state index contributed by atoms with van der Waals surface area (Å²) in [6.45, 7) is 19.2. The van der Waals surface area contributed by atoms with Gasteiger partial charge in [-0.25, -0.2) is 4.79 Å². The molecule has 35 heavy (non-hydrogen) atoms. The Hall–Kier alpha value is -2.83. The van der Waals surface area contributed by atoms with Crippen molar-refractivity contribution in [3.8, 4) is 0 Å². The van der Waals surface area contributed by atoms with Crippen LogP contribution in [0.5, 0.6) is 0 Å². The predicted octanol–water partition coefficient (Wildman–Crippen LogP) is 5.29. The van der Waals surface area contributed by atoms with Crippen molar-refractivity contribution in [1.29, 1.82) is 0 Å². The highest BCUT2D eigenvalue weighted by Crippen LogP contribution is 2.26. The van der Waals surface area contributed by atoms with Crippen LogP contribution in [0.2, 0.25) is 0 Å². The predicted molar refractivity (Wildman–Crippen MR) is 141 cm³/mol. The number of carbonyl (C=O) groups excluding carboxylic acids is 3. The fourth-order valence-electron chi connectivity index (χ4n) is 3.98. The average Bonchev–Trinajstić information content (AvgIpc) is 2.72. The van der Waals surface area contributed by atoms with Gasteiger partial charge in [-0.3, -0.25) is 9.59 Å². The first-order chi connectivity index (χ1) is 16.3. The molecule has 0 saturated carbocycles.